The number of carboxylic acid groups (broad SMARTS) is 1. The van der Waals surface area contributed by atoms with Crippen molar-refractivity contribution in [2.24, 2.45) is 14.1 Å². The van der Waals surface area contributed by atoms with Crippen molar-refractivity contribution in [3.05, 3.63) is 36.4 Å². The van der Waals surface area contributed by atoms with Crippen molar-refractivity contribution in [1.29, 1.82) is 0 Å². The van der Waals surface area contributed by atoms with Crippen LogP contribution in [0.4, 0.5) is 0 Å². The van der Waals surface area contributed by atoms with E-state index in [1.807, 2.05) is 35.6 Å². The molecular weight excluding hydrogens is 246 g/mol. The Labute approximate surface area is 111 Å². The van der Waals surface area contributed by atoms with Gasteiger partial charge in [0.1, 0.15) is 11.6 Å². The van der Waals surface area contributed by atoms with Gasteiger partial charge in [0, 0.05) is 38.9 Å². The number of imidazole rings is 2. The molecule has 0 saturated carbocycles. The second-order valence-electron chi connectivity index (χ2n) is 4.45. The molecule has 7 nitrogen and oxygen atoms in total. The highest BCUT2D eigenvalue weighted by atomic mass is 16.4. The van der Waals surface area contributed by atoms with Gasteiger partial charge in [-0.15, -0.1) is 0 Å². The second kappa shape index (κ2) is 5.66. The highest BCUT2D eigenvalue weighted by Crippen LogP contribution is 2.06. The Balaban J connectivity index is 2.10. The lowest BCUT2D eigenvalue weighted by Gasteiger charge is -2.19. The van der Waals surface area contributed by atoms with Gasteiger partial charge in [-0.2, -0.15) is 0 Å². The first-order chi connectivity index (χ1) is 9.06. The van der Waals surface area contributed by atoms with Crippen molar-refractivity contribution < 1.29 is 9.90 Å². The summed E-state index contributed by atoms with van der Waals surface area (Å²) in [5.74, 6) is 0.800. The Bertz CT molecular complexity index is 518. The molecule has 2 heterocycles. The van der Waals surface area contributed by atoms with Gasteiger partial charge >= 0.3 is 5.97 Å². The molecule has 0 saturated heterocycles. The van der Waals surface area contributed by atoms with E-state index in [0.717, 1.165) is 11.6 Å². The van der Waals surface area contributed by atoms with Gasteiger partial charge in [-0.05, 0) is 0 Å². The van der Waals surface area contributed by atoms with Gasteiger partial charge in [0.05, 0.1) is 19.6 Å². The number of aryl methyl sites for hydroxylation is 2. The summed E-state index contributed by atoms with van der Waals surface area (Å²) in [5.41, 5.74) is 0. The minimum atomic E-state index is -0.858. The minimum absolute atomic E-state index is 0.0419. The average Bonchev–Trinajstić information content (AvgIpc) is 2.89. The van der Waals surface area contributed by atoms with Crippen LogP contribution in [0, 0.1) is 0 Å². The molecule has 0 radical (unpaired) electrons. The molecule has 0 bridgehead atoms. The molecule has 0 aliphatic heterocycles. The van der Waals surface area contributed by atoms with Gasteiger partial charge in [0.2, 0.25) is 0 Å². The fraction of sp³-hybridized carbons (Fsp3) is 0.417. The predicted molar refractivity (Wildman–Crippen MR) is 68.2 cm³/mol. The van der Waals surface area contributed by atoms with Crippen LogP contribution in [0.15, 0.2) is 24.8 Å². The van der Waals surface area contributed by atoms with Crippen LogP contribution in [0.2, 0.25) is 0 Å². The molecule has 2 rings (SSSR count). The van der Waals surface area contributed by atoms with Crippen molar-refractivity contribution in [2.45, 2.75) is 13.1 Å². The zero-order chi connectivity index (χ0) is 13.8. The van der Waals surface area contributed by atoms with Crippen LogP contribution >= 0.6 is 0 Å². The van der Waals surface area contributed by atoms with E-state index in [0.29, 0.717) is 13.1 Å². The largest absolute Gasteiger partial charge is 0.480 e. The number of hydrogen-bond acceptors (Lipinski definition) is 4. The zero-order valence-electron chi connectivity index (χ0n) is 11.0. The van der Waals surface area contributed by atoms with Crippen molar-refractivity contribution in [1.82, 2.24) is 24.0 Å². The number of carbonyl (C=O) groups is 1. The van der Waals surface area contributed by atoms with E-state index in [1.165, 1.54) is 0 Å². The Morgan fingerprint density at radius 3 is 1.95 bits per heavy atom. The summed E-state index contributed by atoms with van der Waals surface area (Å²) < 4.78 is 3.76. The Hall–Kier alpha value is -2.15. The molecular formula is C12H17N5O2. The van der Waals surface area contributed by atoms with Gasteiger partial charge in [-0.1, -0.05) is 0 Å². The van der Waals surface area contributed by atoms with Crippen molar-refractivity contribution >= 4 is 5.97 Å². The quantitative estimate of drug-likeness (QED) is 0.808. The van der Waals surface area contributed by atoms with Crippen molar-refractivity contribution in [2.75, 3.05) is 6.54 Å². The van der Waals surface area contributed by atoms with Crippen molar-refractivity contribution in [3.63, 3.8) is 0 Å². The number of hydrogen-bond donors (Lipinski definition) is 1. The van der Waals surface area contributed by atoms with Gasteiger partial charge in [0.15, 0.2) is 0 Å². The third-order valence-corrected chi connectivity index (χ3v) is 2.93. The van der Waals surface area contributed by atoms with Crippen LogP contribution < -0.4 is 0 Å². The van der Waals surface area contributed by atoms with E-state index in [4.69, 9.17) is 5.11 Å². The van der Waals surface area contributed by atoms with Crippen LogP contribution in [-0.2, 0) is 32.0 Å². The molecule has 0 fully saturated rings. The third kappa shape index (κ3) is 3.41. The van der Waals surface area contributed by atoms with Crippen LogP contribution in [-0.4, -0.2) is 41.6 Å². The molecule has 2 aromatic rings. The summed E-state index contributed by atoms with van der Waals surface area (Å²) in [6, 6.07) is 0. The lowest BCUT2D eigenvalue weighted by atomic mass is 10.4. The van der Waals surface area contributed by atoms with Gasteiger partial charge < -0.3 is 14.2 Å². The Morgan fingerprint density at radius 2 is 1.63 bits per heavy atom. The molecule has 0 atom stereocenters. The number of aromatic nitrogens is 4. The highest BCUT2D eigenvalue weighted by molar-refractivity contribution is 5.69. The maximum atomic E-state index is 10.9. The molecule has 0 unspecified atom stereocenters. The number of rotatable bonds is 6. The number of aliphatic carboxylic acids is 1. The fourth-order valence-corrected chi connectivity index (χ4v) is 1.86. The first-order valence-electron chi connectivity index (χ1n) is 5.93. The molecule has 0 aliphatic carbocycles. The first kappa shape index (κ1) is 13.3. The molecule has 19 heavy (non-hydrogen) atoms. The molecule has 7 heteroatoms. The standard InChI is InChI=1S/C12H17N5O2/c1-15-5-3-13-10(15)7-17(9-12(18)19)8-11-14-4-6-16(11)2/h3-6H,7-9H2,1-2H3,(H,18,19). The van der Waals surface area contributed by atoms with Crippen molar-refractivity contribution in [3.8, 4) is 0 Å². The summed E-state index contributed by atoms with van der Waals surface area (Å²) in [6.45, 7) is 0.908. The highest BCUT2D eigenvalue weighted by Gasteiger charge is 2.15. The van der Waals surface area contributed by atoms with E-state index >= 15 is 0 Å². The summed E-state index contributed by atoms with van der Waals surface area (Å²) in [5, 5.41) is 8.98. The molecule has 0 spiro atoms. The van der Waals surface area contributed by atoms with Gasteiger partial charge in [-0.25, -0.2) is 9.97 Å². The molecule has 102 valence electrons. The summed E-state index contributed by atoms with van der Waals surface area (Å²) in [4.78, 5) is 21.2. The maximum absolute atomic E-state index is 10.9. The average molecular weight is 263 g/mol. The zero-order valence-corrected chi connectivity index (χ0v) is 11.0. The SMILES string of the molecule is Cn1ccnc1CN(CC(=O)O)Cc1nccn1C. The van der Waals surface area contributed by atoms with Crippen LogP contribution in [0.25, 0.3) is 0 Å². The fourth-order valence-electron chi connectivity index (χ4n) is 1.86. The Morgan fingerprint density at radius 1 is 1.16 bits per heavy atom. The van der Waals surface area contributed by atoms with E-state index in [-0.39, 0.29) is 6.54 Å². The lowest BCUT2D eigenvalue weighted by Crippen LogP contribution is -2.31. The van der Waals surface area contributed by atoms with Gasteiger partial charge in [-0.3, -0.25) is 9.69 Å². The first-order valence-corrected chi connectivity index (χ1v) is 5.93. The lowest BCUT2D eigenvalue weighted by molar-refractivity contribution is -0.138. The summed E-state index contributed by atoms with van der Waals surface area (Å²) in [7, 11) is 3.78. The molecule has 1 N–H and O–H groups in total. The van der Waals surface area contributed by atoms with E-state index in [2.05, 4.69) is 9.97 Å². The summed E-state index contributed by atoms with van der Waals surface area (Å²) in [6.07, 6.45) is 7.09. The predicted octanol–water partition coefficient (Wildman–Crippen LogP) is 0.240. The topological polar surface area (TPSA) is 76.2 Å². The second-order valence-corrected chi connectivity index (χ2v) is 4.45. The molecule has 0 aromatic carbocycles. The monoisotopic (exact) mass is 263 g/mol. The van der Waals surface area contributed by atoms with Gasteiger partial charge in [0.25, 0.3) is 0 Å². The number of nitrogens with zero attached hydrogens (tertiary/aromatic N) is 5. The molecule has 0 aliphatic rings. The van der Waals surface area contributed by atoms with E-state index < -0.39 is 5.97 Å². The smallest absolute Gasteiger partial charge is 0.317 e. The van der Waals surface area contributed by atoms with E-state index in [9.17, 15) is 4.79 Å². The molecule has 0 amide bonds. The molecule has 2 aromatic heterocycles. The minimum Gasteiger partial charge on any atom is -0.480 e. The number of carboxylic acids is 1. The van der Waals surface area contributed by atoms with E-state index in [1.54, 1.807) is 17.3 Å². The maximum Gasteiger partial charge on any atom is 0.317 e. The van der Waals surface area contributed by atoms with Crippen LogP contribution in [0.1, 0.15) is 11.6 Å². The van der Waals surface area contributed by atoms with Crippen LogP contribution in [0.3, 0.4) is 0 Å². The Kier molecular flexibility index (Phi) is 3.96. The third-order valence-electron chi connectivity index (χ3n) is 2.93. The normalized spacial score (nSPS) is 11.1. The van der Waals surface area contributed by atoms with Crippen LogP contribution in [0.5, 0.6) is 0 Å². The summed E-state index contributed by atoms with van der Waals surface area (Å²) >= 11 is 0.